The lowest BCUT2D eigenvalue weighted by atomic mass is 9.87. The predicted octanol–water partition coefficient (Wildman–Crippen LogP) is 6.89. The summed E-state index contributed by atoms with van der Waals surface area (Å²) < 4.78 is 10.9. The van der Waals surface area contributed by atoms with Gasteiger partial charge in [0.2, 0.25) is 0 Å². The van der Waals surface area contributed by atoms with E-state index >= 15 is 0 Å². The third-order valence-corrected chi connectivity index (χ3v) is 5.81. The number of ether oxygens (including phenoxy) is 2. The Morgan fingerprint density at radius 2 is 0.969 bits per heavy atom. The number of aryl methyl sites for hydroxylation is 2. The van der Waals surface area contributed by atoms with E-state index in [1.807, 2.05) is 72.8 Å². The lowest BCUT2D eigenvalue weighted by Crippen LogP contribution is -2.07. The summed E-state index contributed by atoms with van der Waals surface area (Å²) in [6.45, 7) is 4.10. The highest BCUT2D eigenvalue weighted by Gasteiger charge is 2.21. The van der Waals surface area contributed by atoms with Gasteiger partial charge in [-0.2, -0.15) is 0 Å². The summed E-state index contributed by atoms with van der Waals surface area (Å²) in [7, 11) is 3.27. The smallest absolute Gasteiger partial charge is 0.194 e. The fourth-order valence-corrected chi connectivity index (χ4v) is 4.04. The molecule has 160 valence electrons. The minimum Gasteiger partial charge on any atom is -0.497 e. The zero-order valence-corrected chi connectivity index (χ0v) is 18.8. The van der Waals surface area contributed by atoms with Crippen molar-refractivity contribution in [3.05, 3.63) is 107 Å². The van der Waals surface area contributed by atoms with Crippen molar-refractivity contribution < 1.29 is 14.3 Å². The number of carbonyl (C=O) groups is 1. The molecule has 0 heterocycles. The molecule has 0 bridgehead atoms. The molecule has 0 saturated carbocycles. The predicted molar refractivity (Wildman–Crippen MR) is 130 cm³/mol. The molecule has 4 aromatic carbocycles. The van der Waals surface area contributed by atoms with Crippen LogP contribution in [0, 0.1) is 13.8 Å². The van der Waals surface area contributed by atoms with Gasteiger partial charge in [0, 0.05) is 11.1 Å². The largest absolute Gasteiger partial charge is 0.497 e. The molecule has 0 N–H and O–H groups in total. The average molecular weight is 423 g/mol. The van der Waals surface area contributed by atoms with Gasteiger partial charge in [0.1, 0.15) is 11.5 Å². The summed E-state index contributed by atoms with van der Waals surface area (Å²) in [4.78, 5) is 14.0. The highest BCUT2D eigenvalue weighted by atomic mass is 16.5. The van der Waals surface area contributed by atoms with Gasteiger partial charge >= 0.3 is 0 Å². The van der Waals surface area contributed by atoms with Gasteiger partial charge in [-0.25, -0.2) is 0 Å². The van der Waals surface area contributed by atoms with Gasteiger partial charge in [-0.1, -0.05) is 48.5 Å². The van der Waals surface area contributed by atoms with Crippen molar-refractivity contribution in [3.63, 3.8) is 0 Å². The van der Waals surface area contributed by atoms with Crippen LogP contribution in [0.5, 0.6) is 11.5 Å². The fraction of sp³-hybridized carbons (Fsp3) is 0.138. The third kappa shape index (κ3) is 4.02. The molecule has 4 rings (SSSR count). The second-order valence-electron chi connectivity index (χ2n) is 7.78. The van der Waals surface area contributed by atoms with Gasteiger partial charge in [-0.05, 0) is 83.6 Å². The SMILES string of the molecule is COc1ccc(C(=O)c2ccc(OC)cc2-c2ccccc2C)c(-c2ccccc2C)c1. The molecule has 0 spiro atoms. The normalized spacial score (nSPS) is 10.6. The zero-order valence-electron chi connectivity index (χ0n) is 18.8. The maximum Gasteiger partial charge on any atom is 0.194 e. The van der Waals surface area contributed by atoms with E-state index < -0.39 is 0 Å². The van der Waals surface area contributed by atoms with Gasteiger partial charge in [-0.15, -0.1) is 0 Å². The summed E-state index contributed by atoms with van der Waals surface area (Å²) in [6.07, 6.45) is 0. The van der Waals surface area contributed by atoms with Crippen molar-refractivity contribution >= 4 is 5.78 Å². The van der Waals surface area contributed by atoms with Crippen LogP contribution in [0.2, 0.25) is 0 Å². The van der Waals surface area contributed by atoms with E-state index in [2.05, 4.69) is 26.0 Å². The number of hydrogen-bond acceptors (Lipinski definition) is 3. The standard InChI is InChI=1S/C29H26O3/c1-19-9-5-7-11-23(19)27-17-21(31-3)13-15-25(27)29(30)26-16-14-22(32-4)18-28(26)24-12-8-6-10-20(24)2/h5-18H,1-4H3. The van der Waals surface area contributed by atoms with E-state index in [-0.39, 0.29) is 5.78 Å². The molecular formula is C29H26O3. The highest BCUT2D eigenvalue weighted by molar-refractivity contribution is 6.16. The maximum atomic E-state index is 14.0. The van der Waals surface area contributed by atoms with Crippen molar-refractivity contribution in [1.29, 1.82) is 0 Å². The van der Waals surface area contributed by atoms with Crippen molar-refractivity contribution in [1.82, 2.24) is 0 Å². The Kier molecular flexibility index (Phi) is 6.09. The molecule has 0 aliphatic carbocycles. The minimum atomic E-state index is -0.0354. The second-order valence-corrected chi connectivity index (χ2v) is 7.78. The molecule has 0 fully saturated rings. The molecular weight excluding hydrogens is 396 g/mol. The molecule has 0 amide bonds. The topological polar surface area (TPSA) is 35.5 Å². The number of carbonyl (C=O) groups excluding carboxylic acids is 1. The van der Waals surface area contributed by atoms with E-state index in [0.717, 1.165) is 33.4 Å². The number of methoxy groups -OCH3 is 2. The zero-order chi connectivity index (χ0) is 22.7. The molecule has 0 aliphatic rings. The summed E-state index contributed by atoms with van der Waals surface area (Å²) in [6, 6.07) is 27.4. The molecule has 0 aliphatic heterocycles. The molecule has 4 aromatic rings. The van der Waals surface area contributed by atoms with Gasteiger partial charge in [0.05, 0.1) is 14.2 Å². The van der Waals surface area contributed by atoms with Crippen LogP contribution >= 0.6 is 0 Å². The number of benzene rings is 4. The molecule has 0 saturated heterocycles. The van der Waals surface area contributed by atoms with Crippen LogP contribution < -0.4 is 9.47 Å². The molecule has 0 radical (unpaired) electrons. The van der Waals surface area contributed by atoms with Crippen molar-refractivity contribution in [2.45, 2.75) is 13.8 Å². The van der Waals surface area contributed by atoms with Crippen LogP contribution in [0.15, 0.2) is 84.9 Å². The van der Waals surface area contributed by atoms with Crippen molar-refractivity contribution in [2.24, 2.45) is 0 Å². The van der Waals surface area contributed by atoms with E-state index in [1.165, 1.54) is 0 Å². The number of hydrogen-bond donors (Lipinski definition) is 0. The molecule has 0 unspecified atom stereocenters. The van der Waals surface area contributed by atoms with Gasteiger partial charge < -0.3 is 9.47 Å². The van der Waals surface area contributed by atoms with Crippen molar-refractivity contribution in [2.75, 3.05) is 14.2 Å². The first-order valence-corrected chi connectivity index (χ1v) is 10.6. The summed E-state index contributed by atoms with van der Waals surface area (Å²) in [5, 5.41) is 0. The summed E-state index contributed by atoms with van der Waals surface area (Å²) in [5.74, 6) is 1.40. The average Bonchev–Trinajstić information content (AvgIpc) is 2.83. The first kappa shape index (κ1) is 21.4. The summed E-state index contributed by atoms with van der Waals surface area (Å²) in [5.41, 5.74) is 7.23. The van der Waals surface area contributed by atoms with Crippen LogP contribution in [0.1, 0.15) is 27.0 Å². The summed E-state index contributed by atoms with van der Waals surface area (Å²) >= 11 is 0. The minimum absolute atomic E-state index is 0.0354. The van der Waals surface area contributed by atoms with Gasteiger partial charge in [-0.3, -0.25) is 4.79 Å². The van der Waals surface area contributed by atoms with E-state index in [4.69, 9.17) is 9.47 Å². The first-order chi connectivity index (χ1) is 15.5. The molecule has 0 atom stereocenters. The number of ketones is 1. The monoisotopic (exact) mass is 422 g/mol. The Morgan fingerprint density at radius 1 is 0.562 bits per heavy atom. The van der Waals surface area contributed by atoms with E-state index in [1.54, 1.807) is 14.2 Å². The Labute approximate surface area is 189 Å². The van der Waals surface area contributed by atoms with Crippen LogP contribution in [0.25, 0.3) is 22.3 Å². The molecule has 32 heavy (non-hydrogen) atoms. The van der Waals surface area contributed by atoms with Crippen LogP contribution in [0.3, 0.4) is 0 Å². The molecule has 3 nitrogen and oxygen atoms in total. The Balaban J connectivity index is 1.93. The van der Waals surface area contributed by atoms with Gasteiger partial charge in [0.25, 0.3) is 0 Å². The van der Waals surface area contributed by atoms with Crippen molar-refractivity contribution in [3.8, 4) is 33.8 Å². The molecule has 3 heteroatoms. The lowest BCUT2D eigenvalue weighted by molar-refractivity contribution is 0.104. The Morgan fingerprint density at radius 3 is 1.34 bits per heavy atom. The molecule has 0 aromatic heterocycles. The van der Waals surface area contributed by atoms with E-state index in [9.17, 15) is 4.79 Å². The fourth-order valence-electron chi connectivity index (χ4n) is 4.04. The third-order valence-electron chi connectivity index (χ3n) is 5.81. The second kappa shape index (κ2) is 9.11. The maximum absolute atomic E-state index is 14.0. The lowest BCUT2D eigenvalue weighted by Gasteiger charge is -2.16. The highest BCUT2D eigenvalue weighted by Crippen LogP contribution is 2.36. The number of rotatable bonds is 6. The van der Waals surface area contributed by atoms with Crippen LogP contribution in [0.4, 0.5) is 0 Å². The van der Waals surface area contributed by atoms with E-state index in [0.29, 0.717) is 22.6 Å². The Hall–Kier alpha value is -3.85. The van der Waals surface area contributed by atoms with Gasteiger partial charge in [0.15, 0.2) is 5.78 Å². The van der Waals surface area contributed by atoms with Crippen LogP contribution in [-0.2, 0) is 0 Å². The van der Waals surface area contributed by atoms with Crippen LogP contribution in [-0.4, -0.2) is 20.0 Å². The quantitative estimate of drug-likeness (QED) is 0.318. The Bertz CT molecular complexity index is 1190. The first-order valence-electron chi connectivity index (χ1n) is 10.6.